The molecule has 0 saturated carbocycles. The lowest BCUT2D eigenvalue weighted by Crippen LogP contribution is -2.29. The average Bonchev–Trinajstić information content (AvgIpc) is 3.51. The molecule has 2 atom stereocenters. The Hall–Kier alpha value is -5.17. The van der Waals surface area contributed by atoms with E-state index < -0.39 is 24.1 Å². The first kappa shape index (κ1) is 27.4. The predicted molar refractivity (Wildman–Crippen MR) is 170 cm³/mol. The monoisotopic (exact) mass is 600 g/mol. The minimum absolute atomic E-state index is 0.196. The summed E-state index contributed by atoms with van der Waals surface area (Å²) < 4.78 is 38.3. The van der Waals surface area contributed by atoms with E-state index in [0.29, 0.717) is 45.5 Å². The van der Waals surface area contributed by atoms with Crippen molar-refractivity contribution in [2.45, 2.75) is 51.1 Å². The zero-order chi connectivity index (χ0) is 30.3. The topological polar surface area (TPSA) is 76.4 Å². The van der Waals surface area contributed by atoms with E-state index in [2.05, 4.69) is 6.92 Å². The van der Waals surface area contributed by atoms with Crippen molar-refractivity contribution in [2.24, 2.45) is 0 Å². The Bertz CT molecular complexity index is 1970. The Morgan fingerprint density at radius 3 is 2.13 bits per heavy atom. The Morgan fingerprint density at radius 1 is 0.689 bits per heavy atom. The number of unbranched alkanes of at least 4 members (excludes halogenated alkanes) is 2. The summed E-state index contributed by atoms with van der Waals surface area (Å²) in [6.07, 6.45) is 5.76. The minimum atomic E-state index is -0.748. The average molecular weight is 601 g/mol. The molecule has 3 aliphatic rings. The number of para-hydroxylation sites is 5. The van der Waals surface area contributed by atoms with Gasteiger partial charge in [0.05, 0.1) is 5.56 Å². The summed E-state index contributed by atoms with van der Waals surface area (Å²) in [6.45, 7) is 2.38. The van der Waals surface area contributed by atoms with Crippen LogP contribution < -0.4 is 29.3 Å². The molecule has 0 aliphatic carbocycles. The van der Waals surface area contributed by atoms with Gasteiger partial charge in [-0.15, -0.1) is 0 Å². The number of rotatable bonds is 7. The van der Waals surface area contributed by atoms with E-state index in [1.165, 1.54) is 0 Å². The highest BCUT2D eigenvalue weighted by atomic mass is 16.7. The number of fused-ring (bicyclic) bond motifs is 4. The van der Waals surface area contributed by atoms with Crippen LogP contribution in [-0.4, -0.2) is 6.61 Å². The molecule has 1 aromatic heterocycles. The lowest BCUT2D eigenvalue weighted by atomic mass is 9.88. The first-order valence-electron chi connectivity index (χ1n) is 15.5. The third kappa shape index (κ3) is 4.89. The van der Waals surface area contributed by atoms with E-state index in [1.54, 1.807) is 0 Å². The third-order valence-electron chi connectivity index (χ3n) is 8.62. The van der Waals surface area contributed by atoms with Gasteiger partial charge in [0.2, 0.25) is 0 Å². The van der Waals surface area contributed by atoms with Crippen LogP contribution in [0.4, 0.5) is 0 Å². The molecule has 226 valence electrons. The second-order valence-corrected chi connectivity index (χ2v) is 11.5. The highest BCUT2D eigenvalue weighted by molar-refractivity contribution is 5.87. The highest BCUT2D eigenvalue weighted by Crippen LogP contribution is 2.47. The molecule has 8 rings (SSSR count). The van der Waals surface area contributed by atoms with Crippen molar-refractivity contribution in [2.75, 3.05) is 6.61 Å². The summed E-state index contributed by atoms with van der Waals surface area (Å²) in [4.78, 5) is 14.0. The molecule has 7 nitrogen and oxygen atoms in total. The Morgan fingerprint density at radius 2 is 1.38 bits per heavy atom. The predicted octanol–water partition coefficient (Wildman–Crippen LogP) is 8.66. The Balaban J connectivity index is 1.37. The highest BCUT2D eigenvalue weighted by Gasteiger charge is 2.38. The fraction of sp³-hybridized carbons (Fsp3) is 0.237. The molecule has 0 radical (unpaired) electrons. The maximum absolute atomic E-state index is 14.0. The van der Waals surface area contributed by atoms with Crippen LogP contribution in [0.1, 0.15) is 72.5 Å². The van der Waals surface area contributed by atoms with Crippen LogP contribution in [-0.2, 0) is 6.42 Å². The molecule has 3 aliphatic heterocycles. The van der Waals surface area contributed by atoms with E-state index in [4.69, 9.17) is 28.1 Å². The molecule has 4 heterocycles. The fourth-order valence-corrected chi connectivity index (χ4v) is 6.49. The summed E-state index contributed by atoms with van der Waals surface area (Å²) in [6, 6.07) is 26.9. The molecular formula is C38H32O7. The summed E-state index contributed by atoms with van der Waals surface area (Å²) in [5, 5.41) is 0.722. The van der Waals surface area contributed by atoms with Gasteiger partial charge in [0.1, 0.15) is 24.0 Å². The summed E-state index contributed by atoms with van der Waals surface area (Å²) in [5.74, 6) is 3.28. The van der Waals surface area contributed by atoms with Gasteiger partial charge in [0.25, 0.3) is 6.29 Å². The maximum atomic E-state index is 14.0. The molecule has 0 amide bonds. The number of aryl methyl sites for hydroxylation is 1. The summed E-state index contributed by atoms with van der Waals surface area (Å²) in [5.41, 5.74) is 3.79. The minimum Gasteiger partial charge on any atom is -0.485 e. The zero-order valence-electron chi connectivity index (χ0n) is 24.9. The van der Waals surface area contributed by atoms with Crippen molar-refractivity contribution < 1.29 is 28.1 Å². The van der Waals surface area contributed by atoms with E-state index >= 15 is 0 Å². The number of benzene rings is 4. The lowest BCUT2D eigenvalue weighted by Gasteiger charge is -2.31. The van der Waals surface area contributed by atoms with E-state index in [0.717, 1.165) is 47.8 Å². The van der Waals surface area contributed by atoms with Gasteiger partial charge in [-0.1, -0.05) is 74.4 Å². The van der Waals surface area contributed by atoms with Crippen molar-refractivity contribution in [1.29, 1.82) is 0 Å². The number of hydrogen-bond acceptors (Lipinski definition) is 7. The molecule has 0 N–H and O–H groups in total. The molecule has 0 bridgehead atoms. The third-order valence-corrected chi connectivity index (χ3v) is 8.62. The lowest BCUT2D eigenvalue weighted by molar-refractivity contribution is 0.0487. The quantitative estimate of drug-likeness (QED) is 0.137. The normalized spacial score (nSPS) is 18.1. The first-order chi connectivity index (χ1) is 22.2. The molecule has 0 fully saturated rings. The first-order valence-corrected chi connectivity index (χ1v) is 15.5. The van der Waals surface area contributed by atoms with Crippen LogP contribution in [0.15, 0.2) is 100 Å². The van der Waals surface area contributed by atoms with Crippen molar-refractivity contribution in [1.82, 2.24) is 0 Å². The second kappa shape index (κ2) is 11.4. The van der Waals surface area contributed by atoms with Crippen molar-refractivity contribution >= 4 is 17.0 Å². The van der Waals surface area contributed by atoms with Gasteiger partial charge >= 0.3 is 5.63 Å². The van der Waals surface area contributed by atoms with E-state index in [-0.39, 0.29) is 6.61 Å². The molecule has 45 heavy (non-hydrogen) atoms. The van der Waals surface area contributed by atoms with Gasteiger partial charge in [0, 0.05) is 22.1 Å². The fourth-order valence-electron chi connectivity index (χ4n) is 6.49. The second-order valence-electron chi connectivity index (χ2n) is 11.5. The van der Waals surface area contributed by atoms with Gasteiger partial charge in [-0.2, -0.15) is 0 Å². The van der Waals surface area contributed by atoms with E-state index in [9.17, 15) is 4.79 Å². The molecule has 0 spiro atoms. The molecule has 0 saturated heterocycles. The summed E-state index contributed by atoms with van der Waals surface area (Å²) >= 11 is 0. The molecule has 2 unspecified atom stereocenters. The maximum Gasteiger partial charge on any atom is 0.344 e. The number of hydrogen-bond donors (Lipinski definition) is 0. The SMILES string of the molecule is CCCCCc1ccc2oc(=O)c(C3C=Cc4ccccc4O3)c(C3COc4ccccc4O3)c2c1C1Oc2ccccc2O1. The number of ether oxygens (including phenoxy) is 5. The smallest absolute Gasteiger partial charge is 0.344 e. The van der Waals surface area contributed by atoms with Crippen molar-refractivity contribution in [3.05, 3.63) is 129 Å². The van der Waals surface area contributed by atoms with Crippen LogP contribution in [0.25, 0.3) is 17.0 Å². The largest absolute Gasteiger partial charge is 0.485 e. The van der Waals surface area contributed by atoms with Gasteiger partial charge in [-0.3, -0.25) is 0 Å². The standard InChI is InChI=1S/C38H32O7/c1-2-3-4-12-24-19-21-30-34(33(24)38-44-28-16-9-10-17-29(28)45-38)35(32-22-40-26-14-7-8-15-27(26)42-32)36(37(39)43-30)31-20-18-23-11-5-6-13-25(23)41-31/h5-11,13-21,31-32,38H,2-4,12,22H2,1H3. The zero-order valence-corrected chi connectivity index (χ0v) is 24.9. The molecule has 5 aromatic rings. The Kier molecular flexibility index (Phi) is 6.93. The van der Waals surface area contributed by atoms with Crippen LogP contribution in [0.2, 0.25) is 0 Å². The van der Waals surface area contributed by atoms with Crippen molar-refractivity contribution in [3.63, 3.8) is 0 Å². The molecule has 7 heteroatoms. The Labute approximate surface area is 260 Å². The van der Waals surface area contributed by atoms with Crippen LogP contribution in [0.5, 0.6) is 28.7 Å². The molecular weight excluding hydrogens is 568 g/mol. The van der Waals surface area contributed by atoms with Gasteiger partial charge in [-0.25, -0.2) is 4.79 Å². The van der Waals surface area contributed by atoms with Gasteiger partial charge in [0.15, 0.2) is 29.1 Å². The molecule has 4 aromatic carbocycles. The van der Waals surface area contributed by atoms with E-state index in [1.807, 2.05) is 97.1 Å². The van der Waals surface area contributed by atoms with Crippen LogP contribution >= 0.6 is 0 Å². The van der Waals surface area contributed by atoms with Gasteiger partial charge in [-0.05, 0) is 60.9 Å². The summed E-state index contributed by atoms with van der Waals surface area (Å²) in [7, 11) is 0. The van der Waals surface area contributed by atoms with Crippen LogP contribution in [0.3, 0.4) is 0 Å². The van der Waals surface area contributed by atoms with Crippen molar-refractivity contribution in [3.8, 4) is 28.7 Å². The van der Waals surface area contributed by atoms with Gasteiger partial charge < -0.3 is 28.1 Å². The van der Waals surface area contributed by atoms with Crippen LogP contribution in [0, 0.1) is 0 Å².